The summed E-state index contributed by atoms with van der Waals surface area (Å²) in [7, 11) is 0. The predicted octanol–water partition coefficient (Wildman–Crippen LogP) is 3.51. The molecule has 1 aromatic heterocycles. The molecule has 3 rings (SSSR count). The van der Waals surface area contributed by atoms with E-state index in [2.05, 4.69) is 58.4 Å². The lowest BCUT2D eigenvalue weighted by Crippen LogP contribution is -2.26. The van der Waals surface area contributed by atoms with Crippen molar-refractivity contribution in [1.82, 2.24) is 14.9 Å². The number of nitrogens with one attached hydrogen (secondary N) is 1. The summed E-state index contributed by atoms with van der Waals surface area (Å²) in [5.74, 6) is 2.02. The summed E-state index contributed by atoms with van der Waals surface area (Å²) < 4.78 is 2.57. The maximum atomic E-state index is 5.00. The largest absolute Gasteiger partial charge is 0.331 e. The molecule has 1 N–H and O–H groups in total. The van der Waals surface area contributed by atoms with E-state index in [-0.39, 0.29) is 5.41 Å². The molecule has 1 aromatic rings. The predicted molar refractivity (Wildman–Crippen MR) is 87.4 cm³/mol. The first-order valence-electron chi connectivity index (χ1n) is 8.36. The molecule has 0 spiro atoms. The van der Waals surface area contributed by atoms with Crippen LogP contribution in [0.4, 0.5) is 0 Å². The van der Waals surface area contributed by atoms with Crippen molar-refractivity contribution in [2.45, 2.75) is 73.4 Å². The fourth-order valence-electron chi connectivity index (χ4n) is 4.11. The van der Waals surface area contributed by atoms with Gasteiger partial charge in [0, 0.05) is 37.2 Å². The Labute approximate surface area is 129 Å². The molecule has 0 atom stereocenters. The number of imidazole rings is 1. The van der Waals surface area contributed by atoms with Crippen LogP contribution in [0.3, 0.4) is 0 Å². The summed E-state index contributed by atoms with van der Waals surface area (Å²) in [5, 5.41) is 3.46. The molecule has 21 heavy (non-hydrogen) atoms. The van der Waals surface area contributed by atoms with E-state index in [1.165, 1.54) is 17.2 Å². The number of hydrogen-bond acceptors (Lipinski definition) is 2. The van der Waals surface area contributed by atoms with Crippen LogP contribution in [-0.4, -0.2) is 16.1 Å². The molecule has 118 valence electrons. The molecule has 2 heterocycles. The van der Waals surface area contributed by atoms with Crippen molar-refractivity contribution in [3.8, 4) is 0 Å². The highest BCUT2D eigenvalue weighted by atomic mass is 15.1. The van der Waals surface area contributed by atoms with Gasteiger partial charge < -0.3 is 9.88 Å². The molecule has 1 aliphatic carbocycles. The van der Waals surface area contributed by atoms with Crippen LogP contribution in [0.1, 0.15) is 65.7 Å². The van der Waals surface area contributed by atoms with Gasteiger partial charge in [-0.3, -0.25) is 0 Å². The van der Waals surface area contributed by atoms with Crippen molar-refractivity contribution in [3.05, 3.63) is 17.2 Å². The van der Waals surface area contributed by atoms with Crippen LogP contribution >= 0.6 is 0 Å². The smallest absolute Gasteiger partial charge is 0.114 e. The fraction of sp³-hybridized carbons (Fsp3) is 0.833. The topological polar surface area (TPSA) is 29.9 Å². The van der Waals surface area contributed by atoms with Crippen molar-refractivity contribution in [2.24, 2.45) is 16.7 Å². The van der Waals surface area contributed by atoms with Gasteiger partial charge in [0.1, 0.15) is 5.82 Å². The molecular weight excluding hydrogens is 258 g/mol. The molecule has 3 nitrogen and oxygen atoms in total. The van der Waals surface area contributed by atoms with Gasteiger partial charge in [0.05, 0.1) is 5.69 Å². The lowest BCUT2D eigenvalue weighted by molar-refractivity contribution is 0.437. The van der Waals surface area contributed by atoms with E-state index in [1.807, 2.05) is 0 Å². The van der Waals surface area contributed by atoms with Crippen LogP contribution in [0.5, 0.6) is 0 Å². The Balaban J connectivity index is 2.00. The third kappa shape index (κ3) is 2.16. The van der Waals surface area contributed by atoms with Crippen LogP contribution in [0.25, 0.3) is 0 Å². The summed E-state index contributed by atoms with van der Waals surface area (Å²) in [6, 6.07) is 0. The van der Waals surface area contributed by atoms with Crippen LogP contribution in [-0.2, 0) is 24.9 Å². The van der Waals surface area contributed by atoms with Gasteiger partial charge in [0.2, 0.25) is 0 Å². The van der Waals surface area contributed by atoms with Crippen LogP contribution in [0.2, 0.25) is 0 Å². The molecule has 2 aliphatic rings. The first kappa shape index (κ1) is 15.1. The van der Waals surface area contributed by atoms with Crippen molar-refractivity contribution in [1.29, 1.82) is 0 Å². The summed E-state index contributed by atoms with van der Waals surface area (Å²) in [6.45, 7) is 19.7. The van der Waals surface area contributed by atoms with Gasteiger partial charge in [-0.25, -0.2) is 4.98 Å². The molecule has 0 bridgehead atoms. The van der Waals surface area contributed by atoms with Crippen LogP contribution < -0.4 is 5.32 Å². The van der Waals surface area contributed by atoms with E-state index in [4.69, 9.17) is 4.98 Å². The zero-order valence-corrected chi connectivity index (χ0v) is 14.8. The van der Waals surface area contributed by atoms with Crippen molar-refractivity contribution in [2.75, 3.05) is 6.54 Å². The van der Waals surface area contributed by atoms with Gasteiger partial charge in [-0.05, 0) is 16.7 Å². The second-order valence-corrected chi connectivity index (χ2v) is 9.11. The first-order chi connectivity index (χ1) is 9.57. The summed E-state index contributed by atoms with van der Waals surface area (Å²) in [4.78, 5) is 5.00. The molecular formula is C18H31N3. The third-order valence-electron chi connectivity index (χ3n) is 6.34. The Morgan fingerprint density at radius 3 is 2.33 bits per heavy atom. The highest BCUT2D eigenvalue weighted by Crippen LogP contribution is 2.69. The number of aromatic nitrogens is 2. The van der Waals surface area contributed by atoms with Crippen molar-refractivity contribution in [3.63, 3.8) is 0 Å². The van der Waals surface area contributed by atoms with Gasteiger partial charge in [0.15, 0.2) is 0 Å². The highest BCUT2D eigenvalue weighted by molar-refractivity contribution is 5.25. The monoisotopic (exact) mass is 289 g/mol. The number of rotatable bonds is 2. The van der Waals surface area contributed by atoms with Gasteiger partial charge in [-0.1, -0.05) is 48.5 Å². The quantitative estimate of drug-likeness (QED) is 0.903. The molecule has 1 fully saturated rings. The minimum Gasteiger partial charge on any atom is -0.331 e. The van der Waals surface area contributed by atoms with E-state index >= 15 is 0 Å². The van der Waals surface area contributed by atoms with Gasteiger partial charge in [-0.15, -0.1) is 0 Å². The molecule has 0 aromatic carbocycles. The van der Waals surface area contributed by atoms with E-state index < -0.39 is 0 Å². The zero-order valence-electron chi connectivity index (χ0n) is 14.8. The fourth-order valence-corrected chi connectivity index (χ4v) is 4.11. The standard InChI is InChI=1S/C18H31N3/c1-16(2,3)15-20-12-10-19-9-8-13(12)21(15)11-14-17(4,5)18(14,6)7/h14,19H,8-11H2,1-7H3. The minimum absolute atomic E-state index is 0.112. The minimum atomic E-state index is 0.112. The van der Waals surface area contributed by atoms with Crippen molar-refractivity contribution < 1.29 is 0 Å². The van der Waals surface area contributed by atoms with Crippen LogP contribution in [0.15, 0.2) is 0 Å². The molecule has 3 heteroatoms. The summed E-state index contributed by atoms with van der Waals surface area (Å²) in [6.07, 6.45) is 1.12. The maximum absolute atomic E-state index is 5.00. The van der Waals surface area contributed by atoms with Crippen molar-refractivity contribution >= 4 is 0 Å². The SMILES string of the molecule is CC(C)(C)c1nc2c(n1CC1C(C)(C)C1(C)C)CCNC2. The van der Waals surface area contributed by atoms with E-state index in [0.717, 1.165) is 32.0 Å². The average molecular weight is 289 g/mol. The Morgan fingerprint density at radius 1 is 1.19 bits per heavy atom. The molecule has 0 unspecified atom stereocenters. The normalized spacial score (nSPS) is 24.0. The Morgan fingerprint density at radius 2 is 1.81 bits per heavy atom. The van der Waals surface area contributed by atoms with E-state index in [0.29, 0.717) is 10.8 Å². The lowest BCUT2D eigenvalue weighted by Gasteiger charge is -2.22. The summed E-state index contributed by atoms with van der Waals surface area (Å²) in [5.41, 5.74) is 3.75. The number of hydrogen-bond donors (Lipinski definition) is 1. The zero-order chi connectivity index (χ0) is 15.6. The van der Waals surface area contributed by atoms with E-state index in [1.54, 1.807) is 0 Å². The maximum Gasteiger partial charge on any atom is 0.114 e. The second-order valence-electron chi connectivity index (χ2n) is 9.11. The summed E-state index contributed by atoms with van der Waals surface area (Å²) >= 11 is 0. The van der Waals surface area contributed by atoms with Gasteiger partial charge >= 0.3 is 0 Å². The lowest BCUT2D eigenvalue weighted by atomic mass is 9.95. The highest BCUT2D eigenvalue weighted by Gasteiger charge is 2.64. The molecule has 1 aliphatic heterocycles. The molecule has 1 saturated carbocycles. The van der Waals surface area contributed by atoms with E-state index in [9.17, 15) is 0 Å². The van der Waals surface area contributed by atoms with Gasteiger partial charge in [0.25, 0.3) is 0 Å². The second kappa shape index (κ2) is 4.34. The average Bonchev–Trinajstić information content (AvgIpc) is 2.70. The third-order valence-corrected chi connectivity index (χ3v) is 6.34. The Hall–Kier alpha value is -0.830. The number of fused-ring (bicyclic) bond motifs is 1. The Kier molecular flexibility index (Phi) is 3.12. The Bertz CT molecular complexity index is 544. The molecule has 0 saturated heterocycles. The molecule has 0 radical (unpaired) electrons. The first-order valence-corrected chi connectivity index (χ1v) is 8.36. The molecule has 0 amide bonds. The van der Waals surface area contributed by atoms with Gasteiger partial charge in [-0.2, -0.15) is 0 Å². The van der Waals surface area contributed by atoms with Crippen LogP contribution in [0, 0.1) is 16.7 Å². The number of nitrogens with zero attached hydrogens (tertiary/aromatic N) is 2.